The van der Waals surface area contributed by atoms with Crippen LogP contribution in [0.1, 0.15) is 34.7 Å². The molecule has 3 aliphatic rings. The molecule has 11 rings (SSSR count). The number of aromatic nitrogens is 3. The van der Waals surface area contributed by atoms with Crippen molar-refractivity contribution in [2.75, 3.05) is 7.11 Å². The molecule has 0 saturated heterocycles. The van der Waals surface area contributed by atoms with E-state index in [2.05, 4.69) is 185 Å². The van der Waals surface area contributed by atoms with Crippen molar-refractivity contribution < 1.29 is 23.5 Å². The van der Waals surface area contributed by atoms with Crippen LogP contribution in [0, 0.1) is 6.92 Å². The average molecular weight is 701 g/mol. The molecule has 0 amide bonds. The predicted octanol–water partition coefficient (Wildman–Crippen LogP) is 8.66. The summed E-state index contributed by atoms with van der Waals surface area (Å²) < 4.78 is 13.2. The van der Waals surface area contributed by atoms with Crippen molar-refractivity contribution in [2.24, 2.45) is 0 Å². The second kappa shape index (κ2) is 11.6. The Morgan fingerprint density at radius 2 is 1.37 bits per heavy atom. The minimum Gasteiger partial charge on any atom is -0.360 e. The summed E-state index contributed by atoms with van der Waals surface area (Å²) in [5.74, 6) is 0. The van der Waals surface area contributed by atoms with Gasteiger partial charge >= 0.3 is 0 Å². The van der Waals surface area contributed by atoms with Gasteiger partial charge in [0, 0.05) is 43.0 Å². The summed E-state index contributed by atoms with van der Waals surface area (Å²) in [6.45, 7) is 2.76. The van der Waals surface area contributed by atoms with Crippen LogP contribution in [0.25, 0.3) is 66.8 Å². The van der Waals surface area contributed by atoms with Gasteiger partial charge in [-0.1, -0.05) is 96.6 Å². The highest BCUT2D eigenvalue weighted by molar-refractivity contribution is 5.97. The molecule has 258 valence electrons. The summed E-state index contributed by atoms with van der Waals surface area (Å²) in [4.78, 5) is 0. The Labute approximate surface area is 314 Å². The lowest BCUT2D eigenvalue weighted by Gasteiger charge is -2.35. The van der Waals surface area contributed by atoms with Gasteiger partial charge in [-0.3, -0.25) is 0 Å². The number of hydrogen-bond acceptors (Lipinski definition) is 2. The van der Waals surface area contributed by atoms with Crippen LogP contribution < -0.4 is 13.7 Å². The predicted molar refractivity (Wildman–Crippen MR) is 210 cm³/mol. The lowest BCUT2D eigenvalue weighted by atomic mass is 9.70. The fourth-order valence-electron chi connectivity index (χ4n) is 9.84. The molecule has 54 heavy (non-hydrogen) atoms. The van der Waals surface area contributed by atoms with Gasteiger partial charge in [0.15, 0.2) is 12.4 Å². The van der Waals surface area contributed by atoms with Crippen molar-refractivity contribution in [3.63, 3.8) is 0 Å². The van der Waals surface area contributed by atoms with E-state index in [0.29, 0.717) is 6.54 Å². The summed E-state index contributed by atoms with van der Waals surface area (Å²) in [6.07, 6.45) is 3.38. The number of methoxy groups -OCH3 is 1. The Morgan fingerprint density at radius 3 is 2.22 bits per heavy atom. The normalized spacial score (nSPS) is 17.7. The molecule has 5 aromatic carbocycles. The molecule has 0 aliphatic carbocycles. The van der Waals surface area contributed by atoms with Crippen LogP contribution in [0.15, 0.2) is 164 Å². The summed E-state index contributed by atoms with van der Waals surface area (Å²) in [6, 6.07) is 55.0. The van der Waals surface area contributed by atoms with Gasteiger partial charge in [0.2, 0.25) is 35.6 Å². The van der Waals surface area contributed by atoms with Crippen molar-refractivity contribution in [1.82, 2.24) is 0 Å². The topological polar surface area (TPSA) is 41.1 Å². The van der Waals surface area contributed by atoms with Gasteiger partial charge in [-0.2, -0.15) is 13.7 Å². The number of aliphatic hydroxyl groups is 1. The zero-order valence-electron chi connectivity index (χ0n) is 30.1. The van der Waals surface area contributed by atoms with Gasteiger partial charge in [-0.25, -0.2) is 0 Å². The molecule has 3 atom stereocenters. The first kappa shape index (κ1) is 31.3. The Hall–Kier alpha value is -6.27. The molecule has 3 aliphatic heterocycles. The molecule has 5 heteroatoms. The Morgan fingerprint density at radius 1 is 0.648 bits per heavy atom. The Kier molecular flexibility index (Phi) is 6.73. The van der Waals surface area contributed by atoms with Crippen LogP contribution in [0.3, 0.4) is 0 Å². The SMILES string of the molecule is COC(O)c1cc(-c2ccc(C)cc2)cc2[n+]1C1C[n+]3ccc4ccccc4c3-c3cc(-c4ccccc4)cc4c3C1(c1ccccc1-2)[n+]1ccccc1-4. The van der Waals surface area contributed by atoms with Gasteiger partial charge in [-0.05, 0) is 64.9 Å². The minimum absolute atomic E-state index is 0.199. The number of benzene rings is 5. The Bertz CT molecular complexity index is 2830. The number of aryl methyl sites for hydroxylation is 1. The highest BCUT2D eigenvalue weighted by Crippen LogP contribution is 2.57. The number of aliphatic hydroxyl groups excluding tert-OH is 1. The molecule has 0 fully saturated rings. The van der Waals surface area contributed by atoms with Crippen molar-refractivity contribution in [3.8, 4) is 56.0 Å². The maximum atomic E-state index is 11.9. The van der Waals surface area contributed by atoms with Crippen LogP contribution in [0.2, 0.25) is 0 Å². The summed E-state index contributed by atoms with van der Waals surface area (Å²) in [7, 11) is 1.59. The molecule has 8 aromatic rings. The summed E-state index contributed by atoms with van der Waals surface area (Å²) in [5, 5.41) is 14.3. The van der Waals surface area contributed by atoms with E-state index in [4.69, 9.17) is 4.74 Å². The van der Waals surface area contributed by atoms with Gasteiger partial charge < -0.3 is 9.84 Å². The first-order valence-electron chi connectivity index (χ1n) is 18.7. The van der Waals surface area contributed by atoms with Crippen LogP contribution in [-0.2, 0) is 16.8 Å². The molecular weight excluding hydrogens is 663 g/mol. The minimum atomic E-state index is -1.15. The molecule has 1 N–H and O–H groups in total. The van der Waals surface area contributed by atoms with Crippen molar-refractivity contribution >= 4 is 10.8 Å². The van der Waals surface area contributed by atoms with Crippen LogP contribution in [-0.4, -0.2) is 12.2 Å². The van der Waals surface area contributed by atoms with Gasteiger partial charge in [0.05, 0.1) is 27.6 Å². The standard InChI is InChI=1S/C49H38N3O2/c1-31-19-21-33(22-20-31)36-28-43-38-16-8-9-17-41(38)49-45(52(43)44(29-36)48(53)54-2)30-50-25-23-34-14-6-7-15-37(34)47(50)40-27-35(32-12-4-3-5-13-32)26-39(46(40)49)42-18-10-11-24-51(42)49/h3-29,45,48,53H,30H2,1-2H3/q+3. The van der Waals surface area contributed by atoms with E-state index < -0.39 is 11.8 Å². The molecule has 0 radical (unpaired) electrons. The lowest BCUT2D eigenvalue weighted by molar-refractivity contribution is -0.860. The number of rotatable bonds is 4. The Balaban J connectivity index is 1.33. The zero-order chi connectivity index (χ0) is 36.1. The lowest BCUT2D eigenvalue weighted by Crippen LogP contribution is -2.71. The van der Waals surface area contributed by atoms with Crippen molar-refractivity contribution in [2.45, 2.75) is 31.3 Å². The van der Waals surface area contributed by atoms with E-state index in [1.54, 1.807) is 7.11 Å². The van der Waals surface area contributed by atoms with Gasteiger partial charge in [0.25, 0.3) is 11.6 Å². The first-order valence-corrected chi connectivity index (χ1v) is 18.7. The summed E-state index contributed by atoms with van der Waals surface area (Å²) >= 11 is 0. The number of fused-ring (bicyclic) bond motifs is 10. The van der Waals surface area contributed by atoms with Gasteiger partial charge in [0.1, 0.15) is 0 Å². The third-order valence-corrected chi connectivity index (χ3v) is 12.1. The summed E-state index contributed by atoms with van der Waals surface area (Å²) in [5.41, 5.74) is 15.3. The third-order valence-electron chi connectivity index (χ3n) is 12.1. The fourth-order valence-corrected chi connectivity index (χ4v) is 9.84. The average Bonchev–Trinajstić information content (AvgIpc) is 3.44. The maximum absolute atomic E-state index is 11.9. The molecule has 5 nitrogen and oxygen atoms in total. The van der Waals surface area contributed by atoms with E-state index in [0.717, 1.165) is 28.1 Å². The molecule has 3 unspecified atom stereocenters. The van der Waals surface area contributed by atoms with E-state index in [-0.39, 0.29) is 6.04 Å². The quantitative estimate of drug-likeness (QED) is 0.148. The molecular formula is C49H38N3O2+3. The van der Waals surface area contributed by atoms with Crippen LogP contribution in [0.5, 0.6) is 0 Å². The zero-order valence-corrected chi connectivity index (χ0v) is 30.1. The number of nitrogens with zero attached hydrogens (tertiary/aromatic N) is 3. The second-order valence-corrected chi connectivity index (χ2v) is 14.9. The van der Waals surface area contributed by atoms with E-state index in [9.17, 15) is 5.11 Å². The highest BCUT2D eigenvalue weighted by atomic mass is 16.6. The van der Waals surface area contributed by atoms with E-state index in [1.807, 2.05) is 0 Å². The fraction of sp³-hybridized carbons (Fsp3) is 0.122. The van der Waals surface area contributed by atoms with E-state index >= 15 is 0 Å². The van der Waals surface area contributed by atoms with Crippen molar-refractivity contribution in [1.29, 1.82) is 0 Å². The number of ether oxygens (including phenoxy) is 1. The van der Waals surface area contributed by atoms with Crippen LogP contribution in [0.4, 0.5) is 0 Å². The number of hydrogen-bond donors (Lipinski definition) is 1. The molecule has 0 bridgehead atoms. The van der Waals surface area contributed by atoms with Crippen LogP contribution >= 0.6 is 0 Å². The van der Waals surface area contributed by atoms with Crippen molar-refractivity contribution in [3.05, 3.63) is 186 Å². The molecule has 0 saturated carbocycles. The maximum Gasteiger partial charge on any atom is 0.290 e. The van der Waals surface area contributed by atoms with Gasteiger partial charge in [-0.15, -0.1) is 0 Å². The molecule has 3 aromatic heterocycles. The largest absolute Gasteiger partial charge is 0.360 e. The highest BCUT2D eigenvalue weighted by Gasteiger charge is 2.70. The second-order valence-electron chi connectivity index (χ2n) is 14.9. The smallest absolute Gasteiger partial charge is 0.290 e. The molecule has 6 heterocycles. The van der Waals surface area contributed by atoms with E-state index in [1.165, 1.54) is 61.1 Å². The monoisotopic (exact) mass is 700 g/mol. The first-order chi connectivity index (χ1) is 26.6. The molecule has 1 spiro atoms. The third kappa shape index (κ3) is 4.19. The number of pyridine rings is 3.